The third-order valence-corrected chi connectivity index (χ3v) is 6.56. The second kappa shape index (κ2) is 9.50. The smallest absolute Gasteiger partial charge is 0.258 e. The summed E-state index contributed by atoms with van der Waals surface area (Å²) >= 11 is 6.46. The van der Waals surface area contributed by atoms with Crippen molar-refractivity contribution < 1.29 is 13.9 Å². The average molecular weight is 505 g/mol. The summed E-state index contributed by atoms with van der Waals surface area (Å²) in [5.41, 5.74) is 9.74. The van der Waals surface area contributed by atoms with Crippen LogP contribution in [0.15, 0.2) is 54.9 Å². The number of ether oxygens (including phenoxy) is 1. The topological polar surface area (TPSA) is 107 Å². The van der Waals surface area contributed by atoms with Crippen LogP contribution < -0.4 is 10.5 Å². The summed E-state index contributed by atoms with van der Waals surface area (Å²) in [6.45, 7) is 1.96. The Bertz CT molecular complexity index is 1480. The van der Waals surface area contributed by atoms with Gasteiger partial charge in [0.1, 0.15) is 5.82 Å². The maximum absolute atomic E-state index is 14.5. The van der Waals surface area contributed by atoms with Gasteiger partial charge in [0.05, 0.1) is 48.2 Å². The van der Waals surface area contributed by atoms with Crippen LogP contribution in [0.3, 0.4) is 0 Å². The van der Waals surface area contributed by atoms with Crippen LogP contribution in [-0.4, -0.2) is 37.9 Å². The molecule has 2 aromatic heterocycles. The number of halogens is 2. The van der Waals surface area contributed by atoms with Gasteiger partial charge in [-0.2, -0.15) is 0 Å². The van der Waals surface area contributed by atoms with E-state index in [2.05, 4.69) is 19.9 Å². The monoisotopic (exact) mass is 504 g/mol. The van der Waals surface area contributed by atoms with E-state index in [9.17, 15) is 9.18 Å². The molecule has 0 fully saturated rings. The lowest BCUT2D eigenvalue weighted by Gasteiger charge is -2.38. The summed E-state index contributed by atoms with van der Waals surface area (Å²) < 4.78 is 19.7. The van der Waals surface area contributed by atoms with Gasteiger partial charge >= 0.3 is 0 Å². The van der Waals surface area contributed by atoms with Crippen molar-refractivity contribution in [3.63, 3.8) is 0 Å². The number of aromatic nitrogens is 4. The van der Waals surface area contributed by atoms with E-state index in [1.165, 1.54) is 31.6 Å². The van der Waals surface area contributed by atoms with Crippen LogP contribution in [0.5, 0.6) is 5.88 Å². The molecule has 10 heteroatoms. The molecular weight excluding hydrogens is 483 g/mol. The van der Waals surface area contributed by atoms with Crippen LogP contribution >= 0.6 is 11.6 Å². The van der Waals surface area contributed by atoms with E-state index in [1.54, 1.807) is 24.0 Å². The Hall–Kier alpha value is -4.11. The zero-order valence-electron chi connectivity index (χ0n) is 19.6. The molecule has 5 rings (SSSR count). The number of fused-ring (bicyclic) bond motifs is 1. The molecule has 0 saturated heterocycles. The number of carbonyl (C=O) groups is 1. The van der Waals surface area contributed by atoms with E-state index in [0.29, 0.717) is 45.2 Å². The van der Waals surface area contributed by atoms with Gasteiger partial charge in [0.15, 0.2) is 0 Å². The molecule has 3 heterocycles. The fourth-order valence-electron chi connectivity index (χ4n) is 4.55. The van der Waals surface area contributed by atoms with Crippen LogP contribution in [0.4, 0.5) is 10.3 Å². The number of rotatable bonds is 5. The second-order valence-electron chi connectivity index (χ2n) is 8.41. The van der Waals surface area contributed by atoms with Crippen LogP contribution in [0.1, 0.15) is 38.9 Å². The minimum atomic E-state index is -0.515. The van der Waals surface area contributed by atoms with Crippen molar-refractivity contribution in [2.75, 3.05) is 12.8 Å². The van der Waals surface area contributed by atoms with Crippen LogP contribution in [0, 0.1) is 12.7 Å². The van der Waals surface area contributed by atoms with Gasteiger partial charge in [-0.15, -0.1) is 0 Å². The van der Waals surface area contributed by atoms with Crippen molar-refractivity contribution in [2.45, 2.75) is 25.9 Å². The highest BCUT2D eigenvalue weighted by atomic mass is 35.5. The number of hydrogen-bond acceptors (Lipinski definition) is 7. The zero-order valence-corrected chi connectivity index (χ0v) is 20.3. The molecule has 0 radical (unpaired) electrons. The van der Waals surface area contributed by atoms with Crippen molar-refractivity contribution in [2.24, 2.45) is 0 Å². The van der Waals surface area contributed by atoms with Gasteiger partial charge in [-0.05, 0) is 36.2 Å². The fraction of sp³-hybridized carbons (Fsp3) is 0.192. The largest absolute Gasteiger partial charge is 0.480 e. The SMILES string of the molecule is COc1cncc(-c2cc(F)ccc2C2Cc3nc(N)nc(C)c3C(=O)N2Cc2ccccc2Cl)n1. The first-order valence-corrected chi connectivity index (χ1v) is 11.6. The average Bonchev–Trinajstić information content (AvgIpc) is 2.86. The molecule has 2 N–H and O–H groups in total. The number of nitrogens with two attached hydrogens (primary N) is 1. The van der Waals surface area contributed by atoms with E-state index < -0.39 is 11.9 Å². The van der Waals surface area contributed by atoms with E-state index >= 15 is 0 Å². The van der Waals surface area contributed by atoms with Crippen molar-refractivity contribution in [1.29, 1.82) is 0 Å². The Morgan fingerprint density at radius 2 is 1.97 bits per heavy atom. The minimum Gasteiger partial charge on any atom is -0.480 e. The Morgan fingerprint density at radius 3 is 2.75 bits per heavy atom. The minimum absolute atomic E-state index is 0.0929. The van der Waals surface area contributed by atoms with Crippen molar-refractivity contribution >= 4 is 23.5 Å². The summed E-state index contributed by atoms with van der Waals surface area (Å²) in [5.74, 6) is -0.321. The van der Waals surface area contributed by atoms with Gasteiger partial charge in [-0.25, -0.2) is 19.3 Å². The van der Waals surface area contributed by atoms with Gasteiger partial charge in [0.25, 0.3) is 5.91 Å². The standard InChI is InChI=1S/C26H22ClFN6O2/c1-14-24-20(33-26(29)31-14)10-22(34(25(24)35)13-15-5-3-4-6-19(15)27)17-8-7-16(28)9-18(17)21-11-30-12-23(32-21)36-2/h3-9,11-12,22H,10,13H2,1-2H3,(H2,29,31,33). The second-order valence-corrected chi connectivity index (χ2v) is 8.82. The number of aryl methyl sites for hydroxylation is 1. The Balaban J connectivity index is 1.69. The highest BCUT2D eigenvalue weighted by molar-refractivity contribution is 6.31. The molecule has 1 amide bonds. The Labute approximate surface area is 212 Å². The maximum atomic E-state index is 14.5. The van der Waals surface area contributed by atoms with Crippen molar-refractivity contribution in [3.05, 3.63) is 93.8 Å². The van der Waals surface area contributed by atoms with Crippen LogP contribution in [0.25, 0.3) is 11.3 Å². The lowest BCUT2D eigenvalue weighted by molar-refractivity contribution is 0.0625. The number of methoxy groups -OCH3 is 1. The molecule has 8 nitrogen and oxygen atoms in total. The molecule has 1 atom stereocenters. The number of nitrogens with zero attached hydrogens (tertiary/aromatic N) is 5. The van der Waals surface area contributed by atoms with Gasteiger partial charge in [-0.1, -0.05) is 35.9 Å². The van der Waals surface area contributed by atoms with Gasteiger partial charge in [0, 0.05) is 23.6 Å². The van der Waals surface area contributed by atoms with Gasteiger partial charge in [-0.3, -0.25) is 9.78 Å². The number of carbonyl (C=O) groups excluding carboxylic acids is 1. The number of benzene rings is 2. The van der Waals surface area contributed by atoms with E-state index in [0.717, 1.165) is 5.56 Å². The quantitative estimate of drug-likeness (QED) is 0.424. The summed E-state index contributed by atoms with van der Waals surface area (Å²) in [6.07, 6.45) is 3.34. The lowest BCUT2D eigenvalue weighted by atomic mass is 9.88. The molecular formula is C26H22ClFN6O2. The maximum Gasteiger partial charge on any atom is 0.258 e. The molecule has 4 aromatic rings. The molecule has 2 aromatic carbocycles. The van der Waals surface area contributed by atoms with E-state index in [-0.39, 0.29) is 24.3 Å². The molecule has 0 saturated carbocycles. The molecule has 1 unspecified atom stereocenters. The first-order chi connectivity index (χ1) is 17.4. The number of hydrogen-bond donors (Lipinski definition) is 1. The third-order valence-electron chi connectivity index (χ3n) is 6.19. The number of amides is 1. The molecule has 182 valence electrons. The highest BCUT2D eigenvalue weighted by Crippen LogP contribution is 2.39. The zero-order chi connectivity index (χ0) is 25.4. The van der Waals surface area contributed by atoms with Crippen LogP contribution in [0.2, 0.25) is 5.02 Å². The van der Waals surface area contributed by atoms with Crippen molar-refractivity contribution in [1.82, 2.24) is 24.8 Å². The number of anilines is 1. The highest BCUT2D eigenvalue weighted by Gasteiger charge is 2.37. The normalized spacial score (nSPS) is 15.1. The summed E-state index contributed by atoms with van der Waals surface area (Å²) in [4.78, 5) is 32.8. The molecule has 1 aliphatic heterocycles. The van der Waals surface area contributed by atoms with E-state index in [1.807, 2.05) is 18.2 Å². The Kier molecular flexibility index (Phi) is 6.24. The molecule has 0 bridgehead atoms. The predicted molar refractivity (Wildman–Crippen MR) is 133 cm³/mol. The first kappa shape index (κ1) is 23.6. The van der Waals surface area contributed by atoms with Gasteiger partial charge in [0.2, 0.25) is 11.8 Å². The summed E-state index contributed by atoms with van der Waals surface area (Å²) in [5, 5.41) is 0.540. The Morgan fingerprint density at radius 1 is 1.17 bits per heavy atom. The number of nitrogen functional groups attached to an aromatic ring is 1. The predicted octanol–water partition coefficient (Wildman–Crippen LogP) is 4.57. The third kappa shape index (κ3) is 4.33. The molecule has 0 aliphatic carbocycles. The van der Waals surface area contributed by atoms with Gasteiger partial charge < -0.3 is 15.4 Å². The molecule has 1 aliphatic rings. The van der Waals surface area contributed by atoms with E-state index in [4.69, 9.17) is 22.1 Å². The summed E-state index contributed by atoms with van der Waals surface area (Å²) in [6, 6.07) is 11.2. The molecule has 0 spiro atoms. The fourth-order valence-corrected chi connectivity index (χ4v) is 4.74. The first-order valence-electron chi connectivity index (χ1n) is 11.2. The molecule has 36 heavy (non-hydrogen) atoms. The lowest BCUT2D eigenvalue weighted by Crippen LogP contribution is -2.41. The van der Waals surface area contributed by atoms with Crippen LogP contribution in [-0.2, 0) is 13.0 Å². The summed E-state index contributed by atoms with van der Waals surface area (Å²) in [7, 11) is 1.48. The van der Waals surface area contributed by atoms with Crippen molar-refractivity contribution in [3.8, 4) is 17.1 Å².